The Morgan fingerprint density at radius 3 is 2.90 bits per heavy atom. The average Bonchev–Trinajstić information content (AvgIpc) is 3.07. The van der Waals surface area contributed by atoms with Crippen LogP contribution in [0.15, 0.2) is 34.4 Å². The van der Waals surface area contributed by atoms with Crippen LogP contribution in [-0.4, -0.2) is 21.0 Å². The third-order valence-electron chi connectivity index (χ3n) is 2.94. The van der Waals surface area contributed by atoms with Gasteiger partial charge in [0, 0.05) is 23.3 Å². The molecule has 6 nitrogen and oxygen atoms in total. The molecule has 0 spiro atoms. The largest absolute Gasteiger partial charge is 0.361 e. The standard InChI is InChI=1S/C14H12N4O2S/c1-8-12(9(2)20-18-8)13(19)17-14-16-11(7-21-14)10-4-3-5-15-6-10/h3-7H,1-2H3,(H,16,17,19). The maximum atomic E-state index is 12.2. The smallest absolute Gasteiger partial charge is 0.262 e. The van der Waals surface area contributed by atoms with Gasteiger partial charge >= 0.3 is 0 Å². The molecule has 0 aliphatic rings. The summed E-state index contributed by atoms with van der Waals surface area (Å²) < 4.78 is 4.99. The molecule has 0 saturated heterocycles. The fraction of sp³-hybridized carbons (Fsp3) is 0.143. The van der Waals surface area contributed by atoms with Crippen molar-refractivity contribution in [2.24, 2.45) is 0 Å². The van der Waals surface area contributed by atoms with Crippen LogP contribution in [0.1, 0.15) is 21.8 Å². The summed E-state index contributed by atoms with van der Waals surface area (Å²) in [5.41, 5.74) is 2.70. The number of thiazole rings is 1. The molecule has 3 aromatic rings. The summed E-state index contributed by atoms with van der Waals surface area (Å²) >= 11 is 1.36. The van der Waals surface area contributed by atoms with Gasteiger partial charge in [0.1, 0.15) is 11.3 Å². The van der Waals surface area contributed by atoms with Gasteiger partial charge < -0.3 is 4.52 Å². The molecule has 21 heavy (non-hydrogen) atoms. The van der Waals surface area contributed by atoms with E-state index in [1.54, 1.807) is 26.2 Å². The molecular weight excluding hydrogens is 288 g/mol. The summed E-state index contributed by atoms with van der Waals surface area (Å²) in [4.78, 5) is 20.6. The van der Waals surface area contributed by atoms with Crippen LogP contribution in [0.2, 0.25) is 0 Å². The van der Waals surface area contributed by atoms with E-state index >= 15 is 0 Å². The van der Waals surface area contributed by atoms with Crippen LogP contribution in [0, 0.1) is 13.8 Å². The Morgan fingerprint density at radius 2 is 2.24 bits per heavy atom. The summed E-state index contributed by atoms with van der Waals surface area (Å²) in [5, 5.41) is 8.94. The van der Waals surface area contributed by atoms with Crippen molar-refractivity contribution in [2.75, 3.05) is 5.32 Å². The number of pyridine rings is 1. The Balaban J connectivity index is 1.81. The highest BCUT2D eigenvalue weighted by molar-refractivity contribution is 7.14. The predicted octanol–water partition coefficient (Wildman–Crippen LogP) is 3.06. The van der Waals surface area contributed by atoms with Crippen molar-refractivity contribution in [1.29, 1.82) is 0 Å². The summed E-state index contributed by atoms with van der Waals surface area (Å²) in [7, 11) is 0. The Morgan fingerprint density at radius 1 is 1.38 bits per heavy atom. The number of rotatable bonds is 3. The minimum absolute atomic E-state index is 0.265. The molecule has 3 aromatic heterocycles. The molecule has 0 radical (unpaired) electrons. The monoisotopic (exact) mass is 300 g/mol. The van der Waals surface area contributed by atoms with Crippen LogP contribution < -0.4 is 5.32 Å². The van der Waals surface area contributed by atoms with Gasteiger partial charge in [-0.25, -0.2) is 4.98 Å². The highest BCUT2D eigenvalue weighted by atomic mass is 32.1. The number of nitrogens with one attached hydrogen (secondary N) is 1. The second kappa shape index (κ2) is 5.45. The number of carbonyl (C=O) groups is 1. The molecule has 0 aromatic carbocycles. The lowest BCUT2D eigenvalue weighted by atomic mass is 10.2. The molecule has 0 atom stereocenters. The van der Waals surface area contributed by atoms with Crippen LogP contribution >= 0.6 is 11.3 Å². The first kappa shape index (κ1) is 13.4. The maximum Gasteiger partial charge on any atom is 0.262 e. The van der Waals surface area contributed by atoms with E-state index in [1.165, 1.54) is 11.3 Å². The van der Waals surface area contributed by atoms with Gasteiger partial charge in [0.15, 0.2) is 5.13 Å². The van der Waals surface area contributed by atoms with Gasteiger partial charge in [-0.3, -0.25) is 15.1 Å². The van der Waals surface area contributed by atoms with E-state index in [2.05, 4.69) is 20.4 Å². The van der Waals surface area contributed by atoms with Gasteiger partial charge in [-0.15, -0.1) is 11.3 Å². The van der Waals surface area contributed by atoms with Crippen LogP contribution in [-0.2, 0) is 0 Å². The van der Waals surface area contributed by atoms with Crippen molar-refractivity contribution in [3.63, 3.8) is 0 Å². The van der Waals surface area contributed by atoms with E-state index in [1.807, 2.05) is 17.5 Å². The summed E-state index contributed by atoms with van der Waals surface area (Å²) in [5.74, 6) is 0.229. The minimum Gasteiger partial charge on any atom is -0.361 e. The molecule has 0 fully saturated rings. The fourth-order valence-electron chi connectivity index (χ4n) is 1.94. The van der Waals surface area contributed by atoms with E-state index in [0.717, 1.165) is 11.3 Å². The first-order valence-electron chi connectivity index (χ1n) is 6.25. The van der Waals surface area contributed by atoms with Crippen molar-refractivity contribution in [3.05, 3.63) is 46.9 Å². The Hall–Kier alpha value is -2.54. The van der Waals surface area contributed by atoms with E-state index in [0.29, 0.717) is 22.1 Å². The SMILES string of the molecule is Cc1noc(C)c1C(=O)Nc1nc(-c2cccnc2)cs1. The van der Waals surface area contributed by atoms with Gasteiger partial charge in [0.05, 0.1) is 11.4 Å². The van der Waals surface area contributed by atoms with Crippen LogP contribution in [0.3, 0.4) is 0 Å². The Kier molecular flexibility index (Phi) is 3.49. The van der Waals surface area contributed by atoms with E-state index in [4.69, 9.17) is 4.52 Å². The third kappa shape index (κ3) is 2.68. The summed E-state index contributed by atoms with van der Waals surface area (Å²) in [6.07, 6.45) is 3.44. The topological polar surface area (TPSA) is 80.9 Å². The average molecular weight is 300 g/mol. The van der Waals surface area contributed by atoms with E-state index < -0.39 is 0 Å². The zero-order chi connectivity index (χ0) is 14.8. The lowest BCUT2D eigenvalue weighted by molar-refractivity contribution is 0.102. The van der Waals surface area contributed by atoms with Crippen LogP contribution in [0.5, 0.6) is 0 Å². The molecule has 0 aliphatic carbocycles. The van der Waals surface area contributed by atoms with Crippen LogP contribution in [0.4, 0.5) is 5.13 Å². The number of aromatic nitrogens is 3. The quantitative estimate of drug-likeness (QED) is 0.804. The second-order valence-electron chi connectivity index (χ2n) is 4.43. The molecular formula is C14H12N4O2S. The molecule has 0 bridgehead atoms. The third-order valence-corrected chi connectivity index (χ3v) is 3.70. The molecule has 7 heteroatoms. The zero-order valence-electron chi connectivity index (χ0n) is 11.5. The minimum atomic E-state index is -0.265. The van der Waals surface area contributed by atoms with Gasteiger partial charge in [-0.2, -0.15) is 0 Å². The second-order valence-corrected chi connectivity index (χ2v) is 5.29. The molecule has 106 valence electrons. The zero-order valence-corrected chi connectivity index (χ0v) is 12.3. The Labute approximate surface area is 124 Å². The summed E-state index contributed by atoms with van der Waals surface area (Å²) in [6.45, 7) is 3.44. The maximum absolute atomic E-state index is 12.2. The molecule has 0 saturated carbocycles. The van der Waals surface area contributed by atoms with Crippen molar-refractivity contribution in [1.82, 2.24) is 15.1 Å². The first-order chi connectivity index (χ1) is 10.1. The van der Waals surface area contributed by atoms with Crippen molar-refractivity contribution < 1.29 is 9.32 Å². The number of hydrogen-bond donors (Lipinski definition) is 1. The molecule has 0 aliphatic heterocycles. The number of aryl methyl sites for hydroxylation is 2. The predicted molar refractivity (Wildman–Crippen MR) is 79.3 cm³/mol. The molecule has 1 amide bonds. The highest BCUT2D eigenvalue weighted by Gasteiger charge is 2.18. The summed E-state index contributed by atoms with van der Waals surface area (Å²) in [6, 6.07) is 3.76. The van der Waals surface area contributed by atoms with Gasteiger partial charge in [0.2, 0.25) is 0 Å². The lowest BCUT2D eigenvalue weighted by Crippen LogP contribution is -2.13. The highest BCUT2D eigenvalue weighted by Crippen LogP contribution is 2.25. The fourth-order valence-corrected chi connectivity index (χ4v) is 2.66. The Bertz CT molecular complexity index is 760. The molecule has 1 N–H and O–H groups in total. The van der Waals surface area contributed by atoms with Crippen molar-refractivity contribution in [2.45, 2.75) is 13.8 Å². The number of amides is 1. The number of anilines is 1. The van der Waals surface area contributed by atoms with Gasteiger partial charge in [-0.05, 0) is 26.0 Å². The first-order valence-corrected chi connectivity index (χ1v) is 7.13. The van der Waals surface area contributed by atoms with E-state index in [-0.39, 0.29) is 5.91 Å². The molecule has 0 unspecified atom stereocenters. The van der Waals surface area contributed by atoms with Gasteiger partial charge in [0.25, 0.3) is 5.91 Å². The van der Waals surface area contributed by atoms with Gasteiger partial charge in [-0.1, -0.05) is 5.16 Å². The number of nitrogens with zero attached hydrogens (tertiary/aromatic N) is 3. The van der Waals surface area contributed by atoms with Crippen molar-refractivity contribution in [3.8, 4) is 11.3 Å². The van der Waals surface area contributed by atoms with E-state index in [9.17, 15) is 4.79 Å². The number of carbonyl (C=O) groups excluding carboxylic acids is 1. The lowest BCUT2D eigenvalue weighted by Gasteiger charge is -2.00. The van der Waals surface area contributed by atoms with Crippen LogP contribution in [0.25, 0.3) is 11.3 Å². The molecule has 3 heterocycles. The normalized spacial score (nSPS) is 10.6. The molecule has 3 rings (SSSR count). The van der Waals surface area contributed by atoms with Crippen molar-refractivity contribution >= 4 is 22.4 Å². The number of hydrogen-bond acceptors (Lipinski definition) is 6.